The number of pyridine rings is 2. The molecule has 58 heavy (non-hydrogen) atoms. The van der Waals surface area contributed by atoms with Crippen molar-refractivity contribution in [1.29, 1.82) is 0 Å². The van der Waals surface area contributed by atoms with Crippen molar-refractivity contribution in [2.75, 3.05) is 49.1 Å². The quantitative estimate of drug-likeness (QED) is 0.202. The predicted octanol–water partition coefficient (Wildman–Crippen LogP) is 2.65. The second-order valence-electron chi connectivity index (χ2n) is 13.7. The van der Waals surface area contributed by atoms with E-state index in [4.69, 9.17) is 14.5 Å². The lowest BCUT2D eigenvalue weighted by Crippen LogP contribution is -2.44. The number of hydrogen-bond acceptors (Lipinski definition) is 13. The van der Waals surface area contributed by atoms with E-state index in [1.54, 1.807) is 40.3 Å². The van der Waals surface area contributed by atoms with Gasteiger partial charge in [0.25, 0.3) is 11.1 Å². The molecule has 8 heterocycles. The predicted molar refractivity (Wildman–Crippen MR) is 221 cm³/mol. The minimum atomic E-state index is -0.210. The molecular formula is C41H47N13O4. The summed E-state index contributed by atoms with van der Waals surface area (Å²) in [6.45, 7) is 10.0. The van der Waals surface area contributed by atoms with Crippen molar-refractivity contribution in [2.45, 2.75) is 59.4 Å². The Morgan fingerprint density at radius 1 is 0.638 bits per heavy atom. The number of fused-ring (bicyclic) bond motifs is 2. The highest BCUT2D eigenvalue weighted by molar-refractivity contribution is 5.75. The fourth-order valence-electron chi connectivity index (χ4n) is 6.82. The van der Waals surface area contributed by atoms with E-state index in [1.807, 2.05) is 45.5 Å². The number of rotatable bonds is 10. The Morgan fingerprint density at radius 2 is 1.10 bits per heavy atom. The van der Waals surface area contributed by atoms with Gasteiger partial charge in [0.05, 0.1) is 24.5 Å². The largest absolute Gasteiger partial charge is 0.458 e. The molecule has 0 radical (unpaired) electrons. The van der Waals surface area contributed by atoms with Crippen LogP contribution in [0.2, 0.25) is 0 Å². The molecule has 8 rings (SSSR count). The Labute approximate surface area is 335 Å². The van der Waals surface area contributed by atoms with E-state index in [1.165, 1.54) is 15.6 Å². The number of nitrogens with one attached hydrogen (secondary N) is 1. The highest BCUT2D eigenvalue weighted by atomic mass is 16.5. The summed E-state index contributed by atoms with van der Waals surface area (Å²) >= 11 is 0. The zero-order chi connectivity index (χ0) is 40.4. The maximum Gasteiger partial charge on any atom is 0.301 e. The molecule has 17 heteroatoms. The Balaban J connectivity index is 0.000000177. The van der Waals surface area contributed by atoms with Crippen LogP contribution in [0, 0.1) is 23.7 Å². The summed E-state index contributed by atoms with van der Waals surface area (Å²) in [5, 5.41) is 3.33. The van der Waals surface area contributed by atoms with E-state index < -0.39 is 0 Å². The highest BCUT2D eigenvalue weighted by Gasteiger charge is 2.25. The molecule has 2 aliphatic heterocycles. The SMILES string of the molecule is CC#CCn1c(N2CCCCC2)nc2nc(OCc3ccccn3)n(C)c(=O)c21.CC#CCn1c(N2CCNCC2)nc2nc(OCc3ccccn3)n(C)c(=O)c21. The molecule has 2 saturated heterocycles. The molecule has 6 aromatic heterocycles. The van der Waals surface area contributed by atoms with E-state index in [0.29, 0.717) is 35.4 Å². The molecule has 0 aromatic carbocycles. The number of anilines is 2. The molecule has 0 atom stereocenters. The van der Waals surface area contributed by atoms with E-state index in [2.05, 4.69) is 63.7 Å². The average Bonchev–Trinajstić information content (AvgIpc) is 3.83. The maximum atomic E-state index is 13.1. The minimum Gasteiger partial charge on any atom is -0.458 e. The van der Waals surface area contributed by atoms with Gasteiger partial charge >= 0.3 is 12.0 Å². The van der Waals surface area contributed by atoms with E-state index >= 15 is 0 Å². The summed E-state index contributed by atoms with van der Waals surface area (Å²) < 4.78 is 18.1. The van der Waals surface area contributed by atoms with Crippen LogP contribution in [0.15, 0.2) is 58.4 Å². The number of imidazole rings is 2. The zero-order valence-electron chi connectivity index (χ0n) is 33.3. The van der Waals surface area contributed by atoms with Crippen LogP contribution in [0.3, 0.4) is 0 Å². The molecule has 300 valence electrons. The molecule has 0 aliphatic carbocycles. The number of piperazine rings is 1. The van der Waals surface area contributed by atoms with Crippen LogP contribution >= 0.6 is 0 Å². The zero-order valence-corrected chi connectivity index (χ0v) is 33.3. The van der Waals surface area contributed by atoms with Gasteiger partial charge in [-0.3, -0.25) is 37.8 Å². The number of nitrogens with zero attached hydrogens (tertiary/aromatic N) is 12. The molecule has 0 amide bonds. The van der Waals surface area contributed by atoms with Crippen LogP contribution in [0.4, 0.5) is 11.9 Å². The van der Waals surface area contributed by atoms with Gasteiger partial charge in [-0.2, -0.15) is 19.9 Å². The van der Waals surface area contributed by atoms with Crippen LogP contribution in [-0.2, 0) is 40.4 Å². The summed E-state index contributed by atoms with van der Waals surface area (Å²) in [4.78, 5) is 57.6. The third-order valence-corrected chi connectivity index (χ3v) is 9.87. The van der Waals surface area contributed by atoms with Crippen molar-refractivity contribution >= 4 is 34.2 Å². The topological polar surface area (TPSA) is 168 Å². The van der Waals surface area contributed by atoms with E-state index in [-0.39, 0.29) is 36.4 Å². The van der Waals surface area contributed by atoms with Gasteiger partial charge in [0.2, 0.25) is 11.9 Å². The van der Waals surface area contributed by atoms with Gasteiger partial charge in [-0.25, -0.2) is 0 Å². The van der Waals surface area contributed by atoms with Gasteiger partial charge < -0.3 is 24.6 Å². The van der Waals surface area contributed by atoms with Gasteiger partial charge in [0, 0.05) is 65.8 Å². The van der Waals surface area contributed by atoms with Crippen LogP contribution in [0.5, 0.6) is 12.0 Å². The maximum absolute atomic E-state index is 13.1. The van der Waals surface area contributed by atoms with Crippen LogP contribution in [-0.4, -0.2) is 87.4 Å². The molecular weight excluding hydrogens is 739 g/mol. The van der Waals surface area contributed by atoms with Crippen molar-refractivity contribution in [3.05, 3.63) is 80.9 Å². The molecule has 0 saturated carbocycles. The van der Waals surface area contributed by atoms with Crippen molar-refractivity contribution < 1.29 is 9.47 Å². The first-order valence-electron chi connectivity index (χ1n) is 19.4. The second kappa shape index (κ2) is 18.5. The Bertz CT molecular complexity index is 2420. The van der Waals surface area contributed by atoms with E-state index in [0.717, 1.165) is 75.4 Å². The first kappa shape index (κ1) is 39.5. The molecule has 0 bridgehead atoms. The first-order chi connectivity index (χ1) is 28.4. The molecule has 2 aliphatic rings. The normalized spacial score (nSPS) is 13.9. The van der Waals surface area contributed by atoms with Crippen LogP contribution in [0.25, 0.3) is 22.3 Å². The van der Waals surface area contributed by atoms with Gasteiger partial charge in [-0.1, -0.05) is 24.0 Å². The summed E-state index contributed by atoms with van der Waals surface area (Å²) in [7, 11) is 3.31. The Hall–Kier alpha value is -6.72. The molecule has 0 spiro atoms. The number of piperidine rings is 1. The third-order valence-electron chi connectivity index (χ3n) is 9.87. The van der Waals surface area contributed by atoms with Gasteiger partial charge in [0.15, 0.2) is 22.3 Å². The van der Waals surface area contributed by atoms with Crippen molar-refractivity contribution in [3.63, 3.8) is 0 Å². The third kappa shape index (κ3) is 8.64. The minimum absolute atomic E-state index is 0.195. The van der Waals surface area contributed by atoms with Crippen LogP contribution < -0.4 is 35.7 Å². The lowest BCUT2D eigenvalue weighted by molar-refractivity contribution is 0.263. The number of hydrogen-bond donors (Lipinski definition) is 1. The lowest BCUT2D eigenvalue weighted by atomic mass is 10.1. The van der Waals surface area contributed by atoms with Crippen LogP contribution in [0.1, 0.15) is 44.5 Å². The standard InChI is InChI=1S/C21H24N6O2.C20H23N7O2/c1-3-4-14-27-17-18(23-20(27)26-12-8-5-9-13-26)24-21(25(2)19(17)28)29-15-16-10-6-7-11-22-16;1-3-4-11-27-16-17(23-19(27)26-12-9-21-10-13-26)24-20(25(2)18(16)28)29-14-15-7-5-6-8-22-15/h6-7,10-11H,5,8-9,12-15H2,1-2H3;5-8,21H,9-14H2,1-2H3. The molecule has 17 nitrogen and oxygen atoms in total. The monoisotopic (exact) mass is 785 g/mol. The number of ether oxygens (including phenoxy) is 2. The summed E-state index contributed by atoms with van der Waals surface area (Å²) in [6, 6.07) is 11.6. The fraction of sp³-hybridized carbons (Fsp3) is 0.415. The van der Waals surface area contributed by atoms with Crippen molar-refractivity contribution in [1.82, 2.24) is 53.5 Å². The summed E-state index contributed by atoms with van der Waals surface area (Å²) in [5.41, 5.74) is 2.78. The molecule has 2 fully saturated rings. The van der Waals surface area contributed by atoms with Gasteiger partial charge in [0.1, 0.15) is 13.2 Å². The van der Waals surface area contributed by atoms with Gasteiger partial charge in [-0.05, 0) is 57.4 Å². The smallest absolute Gasteiger partial charge is 0.301 e. The van der Waals surface area contributed by atoms with Gasteiger partial charge in [-0.15, -0.1) is 11.8 Å². The fourth-order valence-corrected chi connectivity index (χ4v) is 6.82. The van der Waals surface area contributed by atoms with E-state index in [9.17, 15) is 9.59 Å². The van der Waals surface area contributed by atoms with Crippen molar-refractivity contribution in [2.24, 2.45) is 14.1 Å². The number of aromatic nitrogens is 10. The molecule has 0 unspecified atom stereocenters. The summed E-state index contributed by atoms with van der Waals surface area (Å²) in [6.07, 6.45) is 6.86. The first-order valence-corrected chi connectivity index (χ1v) is 19.4. The lowest BCUT2D eigenvalue weighted by Gasteiger charge is -2.28. The summed E-state index contributed by atoms with van der Waals surface area (Å²) in [5.74, 6) is 13.4. The van der Waals surface area contributed by atoms with Crippen molar-refractivity contribution in [3.8, 4) is 35.7 Å². The Kier molecular flexibility index (Phi) is 12.6. The molecule has 1 N–H and O–H groups in total. The average molecular weight is 786 g/mol. The molecule has 6 aromatic rings. The Morgan fingerprint density at radius 3 is 1.53 bits per heavy atom. The second-order valence-corrected chi connectivity index (χ2v) is 13.7. The highest BCUT2D eigenvalue weighted by Crippen LogP contribution is 2.25.